The molecule has 9 heteroatoms. The fourth-order valence-corrected chi connectivity index (χ4v) is 2.64. The SMILES string of the molecule is CCOC(=O)c1cccc(NC(=O)Cn2c(C)nc3onc(C)c3c2=O)c1. The van der Waals surface area contributed by atoms with Gasteiger partial charge in [0.1, 0.15) is 17.8 Å². The first-order valence-electron chi connectivity index (χ1n) is 8.31. The third kappa shape index (κ3) is 3.71. The smallest absolute Gasteiger partial charge is 0.338 e. The van der Waals surface area contributed by atoms with E-state index in [0.717, 1.165) is 0 Å². The van der Waals surface area contributed by atoms with Crippen LogP contribution in [0.2, 0.25) is 0 Å². The molecule has 0 atom stereocenters. The van der Waals surface area contributed by atoms with Crippen molar-refractivity contribution in [2.24, 2.45) is 0 Å². The molecule has 2 heterocycles. The molecule has 27 heavy (non-hydrogen) atoms. The third-order valence-electron chi connectivity index (χ3n) is 3.92. The van der Waals surface area contributed by atoms with Gasteiger partial charge in [-0.2, -0.15) is 4.98 Å². The molecule has 0 saturated heterocycles. The first-order valence-corrected chi connectivity index (χ1v) is 8.31. The number of esters is 1. The van der Waals surface area contributed by atoms with Crippen LogP contribution < -0.4 is 10.9 Å². The van der Waals surface area contributed by atoms with Crippen molar-refractivity contribution in [3.63, 3.8) is 0 Å². The van der Waals surface area contributed by atoms with E-state index in [1.165, 1.54) is 10.6 Å². The van der Waals surface area contributed by atoms with Crippen LogP contribution in [0.15, 0.2) is 33.6 Å². The summed E-state index contributed by atoms with van der Waals surface area (Å²) in [6, 6.07) is 6.38. The van der Waals surface area contributed by atoms with Gasteiger partial charge in [0.2, 0.25) is 5.91 Å². The molecule has 3 aromatic rings. The van der Waals surface area contributed by atoms with Gasteiger partial charge in [0.25, 0.3) is 11.3 Å². The minimum atomic E-state index is -0.474. The van der Waals surface area contributed by atoms with Gasteiger partial charge in [0, 0.05) is 5.69 Å². The Bertz CT molecular complexity index is 1080. The van der Waals surface area contributed by atoms with Crippen molar-refractivity contribution >= 4 is 28.7 Å². The van der Waals surface area contributed by atoms with E-state index in [0.29, 0.717) is 22.8 Å². The number of ether oxygens (including phenoxy) is 1. The van der Waals surface area contributed by atoms with E-state index < -0.39 is 17.4 Å². The highest BCUT2D eigenvalue weighted by Crippen LogP contribution is 2.13. The van der Waals surface area contributed by atoms with Crippen LogP contribution in [0.4, 0.5) is 5.69 Å². The molecule has 0 radical (unpaired) electrons. The molecule has 3 rings (SSSR count). The minimum absolute atomic E-state index is 0.147. The molecule has 9 nitrogen and oxygen atoms in total. The number of nitrogens with zero attached hydrogens (tertiary/aromatic N) is 3. The summed E-state index contributed by atoms with van der Waals surface area (Å²) < 4.78 is 11.2. The second-order valence-corrected chi connectivity index (χ2v) is 5.85. The number of fused-ring (bicyclic) bond motifs is 1. The lowest BCUT2D eigenvalue weighted by molar-refractivity contribution is -0.116. The van der Waals surface area contributed by atoms with Gasteiger partial charge in [-0.3, -0.25) is 14.2 Å². The topological polar surface area (TPSA) is 116 Å². The average Bonchev–Trinajstić information content (AvgIpc) is 2.99. The van der Waals surface area contributed by atoms with Crippen LogP contribution in [0.5, 0.6) is 0 Å². The number of hydrogen-bond donors (Lipinski definition) is 1. The molecule has 0 unspecified atom stereocenters. The summed E-state index contributed by atoms with van der Waals surface area (Å²) >= 11 is 0. The third-order valence-corrected chi connectivity index (χ3v) is 3.92. The number of amides is 1. The summed E-state index contributed by atoms with van der Waals surface area (Å²) in [5.41, 5.74) is 0.914. The highest BCUT2D eigenvalue weighted by molar-refractivity contribution is 5.94. The number of rotatable bonds is 5. The van der Waals surface area contributed by atoms with Crippen molar-refractivity contribution in [3.05, 3.63) is 51.7 Å². The van der Waals surface area contributed by atoms with Crippen LogP contribution >= 0.6 is 0 Å². The van der Waals surface area contributed by atoms with Crippen molar-refractivity contribution in [3.8, 4) is 0 Å². The first-order chi connectivity index (χ1) is 12.9. The summed E-state index contributed by atoms with van der Waals surface area (Å²) in [7, 11) is 0. The van der Waals surface area contributed by atoms with Crippen molar-refractivity contribution in [2.45, 2.75) is 27.3 Å². The Kier molecular flexibility index (Phi) is 5.02. The molecule has 0 aliphatic carbocycles. The van der Waals surface area contributed by atoms with Gasteiger partial charge < -0.3 is 14.6 Å². The maximum Gasteiger partial charge on any atom is 0.338 e. The van der Waals surface area contributed by atoms with Crippen molar-refractivity contribution in [1.29, 1.82) is 0 Å². The number of aromatic nitrogens is 3. The monoisotopic (exact) mass is 370 g/mol. The predicted octanol–water partition coefficient (Wildman–Crippen LogP) is 1.82. The maximum absolute atomic E-state index is 12.6. The summed E-state index contributed by atoms with van der Waals surface area (Å²) in [6.45, 7) is 4.98. The molecule has 1 N–H and O–H groups in total. The first kappa shape index (κ1) is 18.3. The van der Waals surface area contributed by atoms with Crippen molar-refractivity contribution in [2.75, 3.05) is 11.9 Å². The second kappa shape index (κ2) is 7.40. The van der Waals surface area contributed by atoms with Gasteiger partial charge in [0.15, 0.2) is 0 Å². The predicted molar refractivity (Wildman–Crippen MR) is 96.6 cm³/mol. The van der Waals surface area contributed by atoms with Crippen LogP contribution in [0, 0.1) is 13.8 Å². The molecule has 2 aromatic heterocycles. The zero-order valence-corrected chi connectivity index (χ0v) is 15.1. The zero-order chi connectivity index (χ0) is 19.6. The number of aryl methyl sites for hydroxylation is 2. The Hall–Kier alpha value is -3.49. The maximum atomic E-state index is 12.6. The van der Waals surface area contributed by atoms with Gasteiger partial charge in [-0.25, -0.2) is 4.79 Å². The van der Waals surface area contributed by atoms with Crippen molar-refractivity contribution < 1.29 is 18.8 Å². The molecular weight excluding hydrogens is 352 g/mol. The van der Waals surface area contributed by atoms with E-state index in [4.69, 9.17) is 9.26 Å². The zero-order valence-electron chi connectivity index (χ0n) is 15.1. The van der Waals surface area contributed by atoms with E-state index in [1.807, 2.05) is 0 Å². The highest BCUT2D eigenvalue weighted by Gasteiger charge is 2.17. The lowest BCUT2D eigenvalue weighted by Crippen LogP contribution is -2.30. The van der Waals surface area contributed by atoms with E-state index >= 15 is 0 Å². The summed E-state index contributed by atoms with van der Waals surface area (Å²) in [6.07, 6.45) is 0. The molecule has 1 aromatic carbocycles. The van der Waals surface area contributed by atoms with Crippen LogP contribution in [-0.2, 0) is 16.1 Å². The summed E-state index contributed by atoms with van der Waals surface area (Å²) in [4.78, 5) is 41.0. The lowest BCUT2D eigenvalue weighted by Gasteiger charge is -2.10. The Morgan fingerprint density at radius 2 is 2.07 bits per heavy atom. The number of hydrogen-bond acceptors (Lipinski definition) is 7. The quantitative estimate of drug-likeness (QED) is 0.681. The molecule has 0 fully saturated rings. The largest absolute Gasteiger partial charge is 0.462 e. The fraction of sp³-hybridized carbons (Fsp3) is 0.278. The number of nitrogens with one attached hydrogen (secondary N) is 1. The van der Waals surface area contributed by atoms with Crippen LogP contribution in [0.1, 0.15) is 28.8 Å². The summed E-state index contributed by atoms with van der Waals surface area (Å²) in [5, 5.41) is 6.65. The normalized spacial score (nSPS) is 10.8. The van der Waals surface area contributed by atoms with E-state index in [-0.39, 0.29) is 24.3 Å². The number of carbonyl (C=O) groups excluding carboxylic acids is 2. The standard InChI is InChI=1S/C18H18N4O5/c1-4-26-18(25)12-6-5-7-13(8-12)20-14(23)9-22-11(3)19-16-15(17(22)24)10(2)21-27-16/h5-8H,4,9H2,1-3H3,(H,20,23). The Morgan fingerprint density at radius 3 is 2.81 bits per heavy atom. The molecule has 0 spiro atoms. The minimum Gasteiger partial charge on any atom is -0.462 e. The molecule has 0 aliphatic rings. The number of carbonyl (C=O) groups is 2. The van der Waals surface area contributed by atoms with Crippen LogP contribution in [0.3, 0.4) is 0 Å². The van der Waals surface area contributed by atoms with E-state index in [9.17, 15) is 14.4 Å². The van der Waals surface area contributed by atoms with Crippen LogP contribution in [-0.4, -0.2) is 33.2 Å². The van der Waals surface area contributed by atoms with Gasteiger partial charge >= 0.3 is 5.97 Å². The average molecular weight is 370 g/mol. The van der Waals surface area contributed by atoms with E-state index in [2.05, 4.69) is 15.5 Å². The molecule has 0 aliphatic heterocycles. The molecular formula is C18H18N4O5. The lowest BCUT2D eigenvalue weighted by atomic mass is 10.2. The Labute approximate surface area is 153 Å². The Balaban J connectivity index is 1.82. The number of anilines is 1. The molecule has 0 saturated carbocycles. The van der Waals surface area contributed by atoms with Gasteiger partial charge in [-0.15, -0.1) is 0 Å². The Morgan fingerprint density at radius 1 is 1.30 bits per heavy atom. The molecule has 140 valence electrons. The second-order valence-electron chi connectivity index (χ2n) is 5.85. The van der Waals surface area contributed by atoms with Gasteiger partial charge in [0.05, 0.1) is 17.9 Å². The molecule has 1 amide bonds. The van der Waals surface area contributed by atoms with E-state index in [1.54, 1.807) is 39.0 Å². The molecule has 0 bridgehead atoms. The van der Waals surface area contributed by atoms with Crippen molar-refractivity contribution in [1.82, 2.24) is 14.7 Å². The highest BCUT2D eigenvalue weighted by atomic mass is 16.5. The van der Waals surface area contributed by atoms with Crippen LogP contribution in [0.25, 0.3) is 11.1 Å². The van der Waals surface area contributed by atoms with Gasteiger partial charge in [-0.1, -0.05) is 11.2 Å². The van der Waals surface area contributed by atoms with Gasteiger partial charge in [-0.05, 0) is 39.0 Å². The summed E-state index contributed by atoms with van der Waals surface area (Å²) in [5.74, 6) is -0.575. The fourth-order valence-electron chi connectivity index (χ4n) is 2.64. The number of benzene rings is 1.